The van der Waals surface area contributed by atoms with E-state index in [2.05, 4.69) is 20.5 Å². The van der Waals surface area contributed by atoms with Gasteiger partial charge >= 0.3 is 6.03 Å². The van der Waals surface area contributed by atoms with E-state index in [9.17, 15) is 17.6 Å². The van der Waals surface area contributed by atoms with Gasteiger partial charge in [-0.05, 0) is 42.8 Å². The quantitative estimate of drug-likeness (QED) is 0.744. The highest BCUT2D eigenvalue weighted by Crippen LogP contribution is 2.26. The molecule has 1 aromatic carbocycles. The Bertz CT molecular complexity index is 1080. The number of urea groups is 1. The van der Waals surface area contributed by atoms with Gasteiger partial charge < -0.3 is 10.6 Å². The Kier molecular flexibility index (Phi) is 5.93. The molecule has 2 aliphatic heterocycles. The maximum atomic E-state index is 14.2. The molecular formula is C20H25FN6O3S. The average Bonchev–Trinajstić information content (AvgIpc) is 2.91. The van der Waals surface area contributed by atoms with E-state index in [1.165, 1.54) is 20.7 Å². The third-order valence-electron chi connectivity index (χ3n) is 5.46. The number of likely N-dealkylation sites (N-methyl/N-ethyl adjacent to an activating group) is 1. The summed E-state index contributed by atoms with van der Waals surface area (Å²) in [6, 6.07) is 7.32. The number of carbonyl (C=O) groups excluding carboxylic acids is 1. The maximum Gasteiger partial charge on any atom is 0.323 e. The number of fused-ring (bicyclic) bond motifs is 1. The first-order valence-corrected chi connectivity index (χ1v) is 11.4. The lowest BCUT2D eigenvalue weighted by atomic mass is 10.1. The number of anilines is 2. The number of carbonyl (C=O) groups is 1. The smallest absolute Gasteiger partial charge is 0.308 e. The van der Waals surface area contributed by atoms with Crippen LogP contribution in [0.15, 0.2) is 36.5 Å². The summed E-state index contributed by atoms with van der Waals surface area (Å²) in [6.07, 6.45) is 1.55. The summed E-state index contributed by atoms with van der Waals surface area (Å²) in [5.74, 6) is -0.452. The lowest BCUT2D eigenvalue weighted by molar-refractivity contribution is 0.140. The van der Waals surface area contributed by atoms with Gasteiger partial charge in [0.25, 0.3) is 10.2 Å². The van der Waals surface area contributed by atoms with E-state index in [1.54, 1.807) is 31.4 Å². The van der Waals surface area contributed by atoms with E-state index in [4.69, 9.17) is 0 Å². The molecule has 0 radical (unpaired) electrons. The van der Waals surface area contributed by atoms with E-state index >= 15 is 0 Å². The highest BCUT2D eigenvalue weighted by molar-refractivity contribution is 7.87. The van der Waals surface area contributed by atoms with E-state index in [1.807, 2.05) is 6.92 Å². The molecule has 0 aliphatic carbocycles. The van der Waals surface area contributed by atoms with Crippen molar-refractivity contribution in [2.75, 3.05) is 43.9 Å². The van der Waals surface area contributed by atoms with Crippen molar-refractivity contribution in [1.82, 2.24) is 18.5 Å². The molecule has 0 saturated carbocycles. The third kappa shape index (κ3) is 4.85. The van der Waals surface area contributed by atoms with Crippen LogP contribution >= 0.6 is 0 Å². The minimum absolute atomic E-state index is 0.108. The van der Waals surface area contributed by atoms with Gasteiger partial charge in [0.15, 0.2) is 0 Å². The molecule has 4 rings (SSSR count). The number of aromatic nitrogens is 1. The van der Waals surface area contributed by atoms with Gasteiger partial charge in [0, 0.05) is 51.2 Å². The van der Waals surface area contributed by atoms with Gasteiger partial charge in [0.05, 0.1) is 17.9 Å². The number of aryl methyl sites for hydroxylation is 1. The van der Waals surface area contributed by atoms with Gasteiger partial charge in [-0.15, -0.1) is 0 Å². The van der Waals surface area contributed by atoms with Crippen LogP contribution in [-0.2, 0) is 16.8 Å². The van der Waals surface area contributed by atoms with Gasteiger partial charge in [-0.3, -0.25) is 9.88 Å². The lowest BCUT2D eigenvalue weighted by Gasteiger charge is -2.35. The zero-order valence-electron chi connectivity index (χ0n) is 17.4. The molecule has 0 unspecified atom stereocenters. The fourth-order valence-electron chi connectivity index (χ4n) is 3.98. The second-order valence-electron chi connectivity index (χ2n) is 7.90. The maximum absolute atomic E-state index is 14.2. The fraction of sp³-hybridized carbons (Fsp3) is 0.400. The number of piperazine rings is 1. The van der Waals surface area contributed by atoms with E-state index in [-0.39, 0.29) is 6.04 Å². The number of nitrogens with zero attached hydrogens (tertiary/aromatic N) is 4. The summed E-state index contributed by atoms with van der Waals surface area (Å²) in [5.41, 5.74) is 2.42. The third-order valence-corrected chi connectivity index (χ3v) is 7.47. The highest BCUT2D eigenvalue weighted by atomic mass is 32.2. The van der Waals surface area contributed by atoms with Crippen LogP contribution in [-0.4, -0.2) is 72.2 Å². The normalized spacial score (nSPS) is 21.6. The first-order chi connectivity index (χ1) is 14.7. The number of hydrogen-bond donors (Lipinski definition) is 2. The van der Waals surface area contributed by atoms with Crippen molar-refractivity contribution in [2.45, 2.75) is 19.5 Å². The molecule has 166 valence electrons. The average molecular weight is 449 g/mol. The Labute approximate surface area is 181 Å². The highest BCUT2D eigenvalue weighted by Gasteiger charge is 2.44. The zero-order valence-corrected chi connectivity index (χ0v) is 18.2. The predicted octanol–water partition coefficient (Wildman–Crippen LogP) is 1.85. The molecule has 9 nitrogen and oxygen atoms in total. The van der Waals surface area contributed by atoms with Crippen LogP contribution in [0.3, 0.4) is 0 Å². The number of halogens is 1. The number of amides is 2. The van der Waals surface area contributed by atoms with Gasteiger partial charge in [0.1, 0.15) is 5.82 Å². The van der Waals surface area contributed by atoms with Crippen LogP contribution in [0.1, 0.15) is 11.3 Å². The van der Waals surface area contributed by atoms with Gasteiger partial charge in [0.2, 0.25) is 0 Å². The molecule has 2 saturated heterocycles. The number of rotatable bonds is 4. The van der Waals surface area contributed by atoms with Crippen molar-refractivity contribution in [3.63, 3.8) is 0 Å². The first-order valence-electron chi connectivity index (χ1n) is 9.96. The van der Waals surface area contributed by atoms with E-state index in [0.717, 1.165) is 5.69 Å². The summed E-state index contributed by atoms with van der Waals surface area (Å²) < 4.78 is 41.6. The largest absolute Gasteiger partial charge is 0.323 e. The van der Waals surface area contributed by atoms with Crippen LogP contribution in [0.4, 0.5) is 20.6 Å². The minimum atomic E-state index is -3.36. The Balaban J connectivity index is 1.39. The fourth-order valence-corrected chi connectivity index (χ4v) is 5.52. The number of nitrogens with one attached hydrogen (secondary N) is 2. The molecule has 2 N–H and O–H groups in total. The lowest BCUT2D eigenvalue weighted by Crippen LogP contribution is -2.51. The van der Waals surface area contributed by atoms with E-state index < -0.39 is 22.1 Å². The van der Waals surface area contributed by atoms with Crippen LogP contribution in [0.25, 0.3) is 0 Å². The molecule has 0 spiro atoms. The predicted molar refractivity (Wildman–Crippen MR) is 115 cm³/mol. The van der Waals surface area contributed by atoms with Crippen LogP contribution in [0.5, 0.6) is 0 Å². The number of hydrogen-bond acceptors (Lipinski definition) is 5. The van der Waals surface area contributed by atoms with Crippen LogP contribution < -0.4 is 10.6 Å². The van der Waals surface area contributed by atoms with Gasteiger partial charge in [-0.2, -0.15) is 17.0 Å². The van der Waals surface area contributed by atoms with Crippen molar-refractivity contribution in [2.24, 2.45) is 0 Å². The Hall–Kier alpha value is -2.60. The molecule has 2 fully saturated rings. The molecule has 31 heavy (non-hydrogen) atoms. The molecule has 1 atom stereocenters. The minimum Gasteiger partial charge on any atom is -0.308 e. The number of benzene rings is 1. The molecule has 2 amide bonds. The molecule has 2 aromatic rings. The Morgan fingerprint density at radius 1 is 1.16 bits per heavy atom. The van der Waals surface area contributed by atoms with E-state index in [0.29, 0.717) is 49.7 Å². The molecule has 11 heteroatoms. The topological polar surface area (TPSA) is 97.9 Å². The van der Waals surface area contributed by atoms with Crippen molar-refractivity contribution < 1.29 is 17.6 Å². The first kappa shape index (κ1) is 21.6. The second kappa shape index (κ2) is 8.50. The second-order valence-corrected chi connectivity index (χ2v) is 9.89. The molecule has 2 aliphatic rings. The Morgan fingerprint density at radius 3 is 2.68 bits per heavy atom. The summed E-state index contributed by atoms with van der Waals surface area (Å²) >= 11 is 0. The molecular weight excluding hydrogens is 423 g/mol. The summed E-state index contributed by atoms with van der Waals surface area (Å²) in [6.45, 7) is 4.30. The van der Waals surface area contributed by atoms with Crippen molar-refractivity contribution in [3.8, 4) is 0 Å². The van der Waals surface area contributed by atoms with Crippen molar-refractivity contribution >= 4 is 27.6 Å². The molecule has 3 heterocycles. The SMILES string of the molecule is Cc1ccc(NC(=O)Nc2cc(F)cc(CN3CCN4[C@@H](C3)CN(C)S4(=O)=O)c2)cn1. The Morgan fingerprint density at radius 2 is 1.94 bits per heavy atom. The van der Waals surface area contributed by atoms with Gasteiger partial charge in [-0.25, -0.2) is 9.18 Å². The summed E-state index contributed by atoms with van der Waals surface area (Å²) in [7, 11) is -1.77. The van der Waals surface area contributed by atoms with Crippen LogP contribution in [0, 0.1) is 12.7 Å². The van der Waals surface area contributed by atoms with Crippen LogP contribution in [0.2, 0.25) is 0 Å². The van der Waals surface area contributed by atoms with Gasteiger partial charge in [-0.1, -0.05) is 0 Å². The number of pyridine rings is 1. The molecule has 1 aromatic heterocycles. The van der Waals surface area contributed by atoms with Crippen molar-refractivity contribution in [1.29, 1.82) is 0 Å². The summed E-state index contributed by atoms with van der Waals surface area (Å²) in [4.78, 5) is 18.5. The van der Waals surface area contributed by atoms with Crippen molar-refractivity contribution in [3.05, 3.63) is 53.6 Å². The molecule has 0 bridgehead atoms. The monoisotopic (exact) mass is 448 g/mol. The zero-order chi connectivity index (χ0) is 22.2. The summed E-state index contributed by atoms with van der Waals surface area (Å²) in [5, 5.41) is 5.31. The standard InChI is InChI=1S/C20H25FN6O3S/c1-14-3-4-17(10-22-14)23-20(28)24-18-8-15(7-16(21)9-18)11-26-5-6-27-19(13-26)12-25(2)31(27,29)30/h3-4,7-10,19H,5-6,11-13H2,1-2H3,(H2,23,24,28)/t19-/m1/s1.